The molecule has 0 aromatic rings. The standard InChI is InChI=1S/C7H13N3O3S/c1-9(2)7(11)6-10(3)14(12,13)5-4-8/h5-6H2,1-3H3. The summed E-state index contributed by atoms with van der Waals surface area (Å²) in [5, 5.41) is 8.24. The Morgan fingerprint density at radius 3 is 2.21 bits per heavy atom. The van der Waals surface area contributed by atoms with Crippen molar-refractivity contribution in [2.45, 2.75) is 0 Å². The minimum absolute atomic E-state index is 0.239. The minimum atomic E-state index is -3.61. The highest BCUT2D eigenvalue weighted by molar-refractivity contribution is 7.89. The summed E-state index contributed by atoms with van der Waals surface area (Å²) in [4.78, 5) is 12.4. The molecule has 0 aliphatic carbocycles. The van der Waals surface area contributed by atoms with Crippen LogP contribution in [0.2, 0.25) is 0 Å². The van der Waals surface area contributed by atoms with Gasteiger partial charge in [-0.2, -0.15) is 9.57 Å². The average molecular weight is 219 g/mol. The molecule has 0 bridgehead atoms. The Bertz CT molecular complexity index is 342. The molecule has 80 valence electrons. The fraction of sp³-hybridized carbons (Fsp3) is 0.714. The van der Waals surface area contributed by atoms with E-state index in [1.54, 1.807) is 0 Å². The highest BCUT2D eigenvalue weighted by Gasteiger charge is 2.20. The molecule has 0 aromatic heterocycles. The average Bonchev–Trinajstić information content (AvgIpc) is 2.03. The Labute approximate surface area is 83.8 Å². The van der Waals surface area contributed by atoms with Crippen molar-refractivity contribution in [2.24, 2.45) is 0 Å². The fourth-order valence-electron chi connectivity index (χ4n) is 0.622. The van der Waals surface area contributed by atoms with Gasteiger partial charge in [-0.15, -0.1) is 0 Å². The smallest absolute Gasteiger partial charge is 0.237 e. The molecule has 0 rings (SSSR count). The van der Waals surface area contributed by atoms with Gasteiger partial charge in [0.25, 0.3) is 0 Å². The number of carbonyl (C=O) groups is 1. The number of nitrogens with zero attached hydrogens (tertiary/aromatic N) is 3. The Morgan fingerprint density at radius 2 is 1.86 bits per heavy atom. The Kier molecular flexibility index (Phi) is 4.53. The van der Waals surface area contributed by atoms with Crippen LogP contribution in [0.15, 0.2) is 0 Å². The molecule has 0 fully saturated rings. The molecule has 0 saturated carbocycles. The van der Waals surface area contributed by atoms with Gasteiger partial charge in [0.1, 0.15) is 0 Å². The van der Waals surface area contributed by atoms with Crippen LogP contribution < -0.4 is 0 Å². The maximum atomic E-state index is 11.2. The van der Waals surface area contributed by atoms with E-state index >= 15 is 0 Å². The number of hydrogen-bond donors (Lipinski definition) is 0. The van der Waals surface area contributed by atoms with Crippen molar-refractivity contribution >= 4 is 15.9 Å². The minimum Gasteiger partial charge on any atom is -0.348 e. The summed E-state index contributed by atoms with van der Waals surface area (Å²) in [6.45, 7) is -0.239. The van der Waals surface area contributed by atoms with Crippen LogP contribution in [0.4, 0.5) is 0 Å². The summed E-state index contributed by atoms with van der Waals surface area (Å²) in [5.74, 6) is -0.932. The SMILES string of the molecule is CN(C)C(=O)CN(C)S(=O)(=O)CC#N. The van der Waals surface area contributed by atoms with Gasteiger partial charge >= 0.3 is 0 Å². The highest BCUT2D eigenvalue weighted by atomic mass is 32.2. The fourth-order valence-corrected chi connectivity index (χ4v) is 1.31. The molecule has 0 aliphatic rings. The van der Waals surface area contributed by atoms with E-state index in [9.17, 15) is 13.2 Å². The molecule has 0 N–H and O–H groups in total. The Morgan fingerprint density at radius 1 is 1.36 bits per heavy atom. The van der Waals surface area contributed by atoms with Crippen LogP contribution >= 0.6 is 0 Å². The summed E-state index contributed by atoms with van der Waals surface area (Å²) < 4.78 is 23.3. The van der Waals surface area contributed by atoms with E-state index < -0.39 is 15.8 Å². The molecule has 0 radical (unpaired) electrons. The molecule has 0 saturated heterocycles. The van der Waals surface area contributed by atoms with Gasteiger partial charge in [-0.3, -0.25) is 4.79 Å². The van der Waals surface area contributed by atoms with Crippen LogP contribution in [0.1, 0.15) is 0 Å². The summed E-state index contributed by atoms with van der Waals surface area (Å²) in [7, 11) is 0.727. The summed E-state index contributed by atoms with van der Waals surface area (Å²) in [6.07, 6.45) is 0. The number of likely N-dealkylation sites (N-methyl/N-ethyl adjacent to an activating group) is 2. The zero-order valence-electron chi connectivity index (χ0n) is 8.39. The molecule has 0 heterocycles. The second-order valence-electron chi connectivity index (χ2n) is 2.96. The van der Waals surface area contributed by atoms with E-state index in [0.29, 0.717) is 0 Å². The lowest BCUT2D eigenvalue weighted by molar-refractivity contribution is -0.128. The Hall–Kier alpha value is -1.13. The molecule has 0 unspecified atom stereocenters. The maximum absolute atomic E-state index is 11.2. The number of carbonyl (C=O) groups excluding carboxylic acids is 1. The monoisotopic (exact) mass is 219 g/mol. The molecule has 7 heteroatoms. The van der Waals surface area contributed by atoms with Crippen molar-refractivity contribution in [2.75, 3.05) is 33.4 Å². The first-order chi connectivity index (χ1) is 6.31. The second kappa shape index (κ2) is 4.93. The van der Waals surface area contributed by atoms with Crippen molar-refractivity contribution < 1.29 is 13.2 Å². The van der Waals surface area contributed by atoms with Gasteiger partial charge in [0.05, 0.1) is 12.6 Å². The van der Waals surface area contributed by atoms with Gasteiger partial charge < -0.3 is 4.90 Å². The van der Waals surface area contributed by atoms with Crippen LogP contribution in [0.5, 0.6) is 0 Å². The molecular formula is C7H13N3O3S. The Balaban J connectivity index is 4.44. The molecule has 0 atom stereocenters. The summed E-state index contributed by atoms with van der Waals surface area (Å²) >= 11 is 0. The lowest BCUT2D eigenvalue weighted by Crippen LogP contribution is -2.38. The van der Waals surface area contributed by atoms with E-state index in [0.717, 1.165) is 4.31 Å². The quantitative estimate of drug-likeness (QED) is 0.598. The van der Waals surface area contributed by atoms with E-state index in [2.05, 4.69) is 0 Å². The van der Waals surface area contributed by atoms with Crippen molar-refractivity contribution in [3.8, 4) is 6.07 Å². The van der Waals surface area contributed by atoms with E-state index in [-0.39, 0.29) is 12.5 Å². The van der Waals surface area contributed by atoms with Gasteiger partial charge in [-0.05, 0) is 0 Å². The number of rotatable bonds is 4. The molecule has 6 nitrogen and oxygen atoms in total. The molecule has 0 aliphatic heterocycles. The van der Waals surface area contributed by atoms with Crippen molar-refractivity contribution in [1.82, 2.24) is 9.21 Å². The molecule has 14 heavy (non-hydrogen) atoms. The van der Waals surface area contributed by atoms with Crippen LogP contribution in [0.3, 0.4) is 0 Å². The van der Waals surface area contributed by atoms with Crippen LogP contribution in [0, 0.1) is 11.3 Å². The third kappa shape index (κ3) is 3.72. The first kappa shape index (κ1) is 12.9. The first-order valence-electron chi connectivity index (χ1n) is 3.82. The van der Waals surface area contributed by atoms with Gasteiger partial charge in [-0.1, -0.05) is 0 Å². The number of hydrogen-bond acceptors (Lipinski definition) is 4. The third-order valence-corrected chi connectivity index (χ3v) is 3.15. The lowest BCUT2D eigenvalue weighted by Gasteiger charge is -2.17. The molecule has 0 aromatic carbocycles. The van der Waals surface area contributed by atoms with Gasteiger partial charge in [0, 0.05) is 21.1 Å². The van der Waals surface area contributed by atoms with Crippen molar-refractivity contribution in [3.63, 3.8) is 0 Å². The van der Waals surface area contributed by atoms with Gasteiger partial charge in [0.2, 0.25) is 15.9 Å². The van der Waals surface area contributed by atoms with Crippen molar-refractivity contribution in [1.29, 1.82) is 5.26 Å². The summed E-state index contributed by atoms with van der Waals surface area (Å²) in [5.41, 5.74) is 0. The van der Waals surface area contributed by atoms with Crippen molar-refractivity contribution in [3.05, 3.63) is 0 Å². The van der Waals surface area contributed by atoms with E-state index in [4.69, 9.17) is 5.26 Å². The number of amides is 1. The lowest BCUT2D eigenvalue weighted by atomic mass is 10.5. The molecular weight excluding hydrogens is 206 g/mol. The normalized spacial score (nSPS) is 11.1. The molecule has 0 spiro atoms. The van der Waals surface area contributed by atoms with Gasteiger partial charge in [-0.25, -0.2) is 8.42 Å². The highest BCUT2D eigenvalue weighted by Crippen LogP contribution is 1.97. The largest absolute Gasteiger partial charge is 0.348 e. The second-order valence-corrected chi connectivity index (χ2v) is 5.03. The summed E-state index contributed by atoms with van der Waals surface area (Å²) in [6, 6.07) is 1.54. The maximum Gasteiger partial charge on any atom is 0.237 e. The van der Waals surface area contributed by atoms with Gasteiger partial charge in [0.15, 0.2) is 5.75 Å². The van der Waals surface area contributed by atoms with E-state index in [1.165, 1.54) is 32.1 Å². The predicted octanol–water partition coefficient (Wildman–Crippen LogP) is -1.14. The molecule has 1 amide bonds. The van der Waals surface area contributed by atoms with Crippen LogP contribution in [-0.4, -0.2) is 57.0 Å². The van der Waals surface area contributed by atoms with E-state index in [1.807, 2.05) is 0 Å². The zero-order valence-corrected chi connectivity index (χ0v) is 9.21. The first-order valence-corrected chi connectivity index (χ1v) is 5.43. The topological polar surface area (TPSA) is 81.5 Å². The number of nitriles is 1. The third-order valence-electron chi connectivity index (χ3n) is 1.58. The van der Waals surface area contributed by atoms with Crippen LogP contribution in [-0.2, 0) is 14.8 Å². The predicted molar refractivity (Wildman–Crippen MR) is 50.7 cm³/mol. The number of sulfonamides is 1. The van der Waals surface area contributed by atoms with Crippen LogP contribution in [0.25, 0.3) is 0 Å². The zero-order chi connectivity index (χ0) is 11.4.